The minimum Gasteiger partial charge on any atom is -0.340 e. The van der Waals surface area contributed by atoms with E-state index in [4.69, 9.17) is 5.73 Å². The van der Waals surface area contributed by atoms with Crippen LogP contribution >= 0.6 is 0 Å². The average Bonchev–Trinajstić information content (AvgIpc) is 2.29. The Hall–Kier alpha value is -0.610. The van der Waals surface area contributed by atoms with Gasteiger partial charge in [-0.1, -0.05) is 6.92 Å². The molecule has 1 amide bonds. The van der Waals surface area contributed by atoms with Crippen molar-refractivity contribution in [3.63, 3.8) is 0 Å². The maximum Gasteiger partial charge on any atom is 0.222 e. The van der Waals surface area contributed by atoms with E-state index < -0.39 is 0 Å². The first-order valence-electron chi connectivity index (χ1n) is 5.98. The minimum absolute atomic E-state index is 0.289. The fraction of sp³-hybridized carbons (Fsp3) is 0.909. The summed E-state index contributed by atoms with van der Waals surface area (Å²) in [6.07, 6.45) is 2.92. The average molecular weight is 213 g/mol. The van der Waals surface area contributed by atoms with Crippen LogP contribution in [0.4, 0.5) is 0 Å². The predicted molar refractivity (Wildman–Crippen MR) is 61.6 cm³/mol. The molecule has 0 saturated carbocycles. The third kappa shape index (κ3) is 4.18. The fourth-order valence-electron chi connectivity index (χ4n) is 1.92. The topological polar surface area (TPSA) is 49.6 Å². The van der Waals surface area contributed by atoms with Gasteiger partial charge in [-0.25, -0.2) is 0 Å². The molecule has 0 radical (unpaired) electrons. The molecule has 0 unspecified atom stereocenters. The smallest absolute Gasteiger partial charge is 0.222 e. The van der Waals surface area contributed by atoms with E-state index in [1.54, 1.807) is 0 Å². The highest BCUT2D eigenvalue weighted by molar-refractivity contribution is 5.75. The summed E-state index contributed by atoms with van der Waals surface area (Å²) in [5.41, 5.74) is 5.45. The Balaban J connectivity index is 2.15. The van der Waals surface area contributed by atoms with Gasteiger partial charge in [-0.3, -0.25) is 9.69 Å². The molecule has 1 rings (SSSR count). The van der Waals surface area contributed by atoms with Gasteiger partial charge in [0.1, 0.15) is 0 Å². The Bertz CT molecular complexity index is 188. The van der Waals surface area contributed by atoms with Crippen LogP contribution in [-0.4, -0.2) is 55.0 Å². The second kappa shape index (κ2) is 6.80. The standard InChI is InChI=1S/C11H23N3O/c1-2-11(15)14-9-7-13(8-10-14)6-4-3-5-12/h2-10,12H2,1H3. The van der Waals surface area contributed by atoms with Crippen molar-refractivity contribution in [2.45, 2.75) is 26.2 Å². The summed E-state index contributed by atoms with van der Waals surface area (Å²) in [5.74, 6) is 0.289. The Morgan fingerprint density at radius 3 is 2.40 bits per heavy atom. The van der Waals surface area contributed by atoms with E-state index >= 15 is 0 Å². The number of piperazine rings is 1. The molecule has 0 aromatic rings. The highest BCUT2D eigenvalue weighted by atomic mass is 16.2. The second-order valence-corrected chi connectivity index (χ2v) is 4.07. The van der Waals surface area contributed by atoms with Crippen LogP contribution < -0.4 is 5.73 Å². The molecule has 4 nitrogen and oxygen atoms in total. The van der Waals surface area contributed by atoms with Crippen molar-refractivity contribution >= 4 is 5.91 Å². The van der Waals surface area contributed by atoms with E-state index in [1.807, 2.05) is 11.8 Å². The SMILES string of the molecule is CCC(=O)N1CCN(CCCCN)CC1. The first kappa shape index (κ1) is 12.5. The zero-order valence-corrected chi connectivity index (χ0v) is 9.74. The molecule has 15 heavy (non-hydrogen) atoms. The Morgan fingerprint density at radius 1 is 1.20 bits per heavy atom. The van der Waals surface area contributed by atoms with Crippen LogP contribution in [0.1, 0.15) is 26.2 Å². The summed E-state index contributed by atoms with van der Waals surface area (Å²) in [6, 6.07) is 0. The van der Waals surface area contributed by atoms with Gasteiger partial charge in [0, 0.05) is 32.6 Å². The molecule has 0 atom stereocenters. The number of rotatable bonds is 5. The summed E-state index contributed by atoms with van der Waals surface area (Å²) in [4.78, 5) is 15.8. The van der Waals surface area contributed by atoms with Gasteiger partial charge in [0.05, 0.1) is 0 Å². The number of hydrogen-bond acceptors (Lipinski definition) is 3. The van der Waals surface area contributed by atoms with E-state index in [2.05, 4.69) is 4.90 Å². The normalized spacial score (nSPS) is 18.1. The Kier molecular flexibility index (Phi) is 5.65. The maximum atomic E-state index is 11.4. The molecule has 88 valence electrons. The highest BCUT2D eigenvalue weighted by Gasteiger charge is 2.18. The Morgan fingerprint density at radius 2 is 1.87 bits per heavy atom. The molecule has 0 spiro atoms. The first-order chi connectivity index (χ1) is 7.27. The summed E-state index contributed by atoms with van der Waals surface area (Å²) in [6.45, 7) is 7.69. The van der Waals surface area contributed by atoms with Crippen molar-refractivity contribution in [1.29, 1.82) is 0 Å². The third-order valence-electron chi connectivity index (χ3n) is 2.96. The first-order valence-corrected chi connectivity index (χ1v) is 5.98. The van der Waals surface area contributed by atoms with Crippen molar-refractivity contribution in [2.75, 3.05) is 39.3 Å². The second-order valence-electron chi connectivity index (χ2n) is 4.07. The van der Waals surface area contributed by atoms with Gasteiger partial charge in [-0.05, 0) is 25.9 Å². The molecule has 0 aromatic heterocycles. The van der Waals surface area contributed by atoms with Crippen LogP contribution in [0.25, 0.3) is 0 Å². The number of amides is 1. The molecule has 1 aliphatic heterocycles. The van der Waals surface area contributed by atoms with Crippen LogP contribution in [-0.2, 0) is 4.79 Å². The van der Waals surface area contributed by atoms with E-state index in [1.165, 1.54) is 6.42 Å². The highest BCUT2D eigenvalue weighted by Crippen LogP contribution is 2.04. The molecule has 0 bridgehead atoms. The summed E-state index contributed by atoms with van der Waals surface area (Å²) in [5, 5.41) is 0. The summed E-state index contributed by atoms with van der Waals surface area (Å²) >= 11 is 0. The van der Waals surface area contributed by atoms with Crippen molar-refractivity contribution in [2.24, 2.45) is 5.73 Å². The number of carbonyl (C=O) groups is 1. The predicted octanol–water partition coefficient (Wildman–Crippen LogP) is 0.280. The van der Waals surface area contributed by atoms with E-state index in [9.17, 15) is 4.79 Å². The number of nitrogens with zero attached hydrogens (tertiary/aromatic N) is 2. The van der Waals surface area contributed by atoms with Crippen molar-refractivity contribution in [3.8, 4) is 0 Å². The molecule has 1 fully saturated rings. The van der Waals surface area contributed by atoms with Gasteiger partial charge in [0.25, 0.3) is 0 Å². The fourth-order valence-corrected chi connectivity index (χ4v) is 1.92. The van der Waals surface area contributed by atoms with Crippen molar-refractivity contribution < 1.29 is 4.79 Å². The molecular weight excluding hydrogens is 190 g/mol. The molecule has 4 heteroatoms. The largest absolute Gasteiger partial charge is 0.340 e. The molecule has 1 aliphatic rings. The molecule has 0 aliphatic carbocycles. The third-order valence-corrected chi connectivity index (χ3v) is 2.96. The monoisotopic (exact) mass is 213 g/mol. The zero-order valence-electron chi connectivity index (χ0n) is 9.74. The molecular formula is C11H23N3O. The lowest BCUT2D eigenvalue weighted by Gasteiger charge is -2.34. The quantitative estimate of drug-likeness (QED) is 0.667. The minimum atomic E-state index is 0.289. The van der Waals surface area contributed by atoms with E-state index in [-0.39, 0.29) is 5.91 Å². The lowest BCUT2D eigenvalue weighted by molar-refractivity contribution is -0.132. The van der Waals surface area contributed by atoms with Gasteiger partial charge in [0.15, 0.2) is 0 Å². The maximum absolute atomic E-state index is 11.4. The van der Waals surface area contributed by atoms with Gasteiger partial charge < -0.3 is 10.6 Å². The number of hydrogen-bond donors (Lipinski definition) is 1. The summed E-state index contributed by atoms with van der Waals surface area (Å²) < 4.78 is 0. The molecule has 0 aromatic carbocycles. The van der Waals surface area contributed by atoms with Crippen LogP contribution in [0.2, 0.25) is 0 Å². The van der Waals surface area contributed by atoms with Crippen LogP contribution in [0, 0.1) is 0 Å². The van der Waals surface area contributed by atoms with Gasteiger partial charge in [0.2, 0.25) is 5.91 Å². The van der Waals surface area contributed by atoms with E-state index in [0.29, 0.717) is 6.42 Å². The van der Waals surface area contributed by atoms with E-state index in [0.717, 1.165) is 45.7 Å². The zero-order chi connectivity index (χ0) is 11.1. The Labute approximate surface area is 92.4 Å². The molecule has 2 N–H and O–H groups in total. The van der Waals surface area contributed by atoms with Crippen LogP contribution in [0.3, 0.4) is 0 Å². The lowest BCUT2D eigenvalue weighted by atomic mass is 10.2. The van der Waals surface area contributed by atoms with Crippen LogP contribution in [0.5, 0.6) is 0 Å². The van der Waals surface area contributed by atoms with Crippen molar-refractivity contribution in [3.05, 3.63) is 0 Å². The van der Waals surface area contributed by atoms with Gasteiger partial charge >= 0.3 is 0 Å². The van der Waals surface area contributed by atoms with Crippen molar-refractivity contribution in [1.82, 2.24) is 9.80 Å². The van der Waals surface area contributed by atoms with Gasteiger partial charge in [-0.2, -0.15) is 0 Å². The summed E-state index contributed by atoms with van der Waals surface area (Å²) in [7, 11) is 0. The van der Waals surface area contributed by atoms with Crippen LogP contribution in [0.15, 0.2) is 0 Å². The van der Waals surface area contributed by atoms with Gasteiger partial charge in [-0.15, -0.1) is 0 Å². The number of unbranched alkanes of at least 4 members (excludes halogenated alkanes) is 1. The number of carbonyl (C=O) groups excluding carboxylic acids is 1. The number of nitrogens with two attached hydrogens (primary N) is 1. The lowest BCUT2D eigenvalue weighted by Crippen LogP contribution is -2.48. The molecule has 1 saturated heterocycles. The molecule has 1 heterocycles.